The Bertz CT molecular complexity index is 1390. The lowest BCUT2D eigenvalue weighted by Crippen LogP contribution is -2.54. The molecule has 1 N–H and O–H groups in total. The second-order valence-electron chi connectivity index (χ2n) is 6.68. The average Bonchev–Trinajstić information content (AvgIpc) is 3.22. The Morgan fingerprint density at radius 3 is 2.55 bits per heavy atom. The van der Waals surface area contributed by atoms with Crippen LogP contribution in [0.25, 0.3) is 17.4 Å². The monoisotopic (exact) mass is 505 g/mol. The molecule has 12 heteroatoms. The van der Waals surface area contributed by atoms with Crippen molar-refractivity contribution in [3.8, 4) is 11.3 Å². The van der Waals surface area contributed by atoms with Crippen LogP contribution < -0.4 is 10.2 Å². The van der Waals surface area contributed by atoms with Crippen molar-refractivity contribution >= 4 is 69.8 Å². The van der Waals surface area contributed by atoms with Gasteiger partial charge < -0.3 is 4.42 Å². The molecule has 166 valence electrons. The molecule has 2 amide bonds. The number of hydrogen-bond acceptors (Lipinski definition) is 6. The lowest BCUT2D eigenvalue weighted by Gasteiger charge is -2.28. The van der Waals surface area contributed by atoms with E-state index in [0.29, 0.717) is 5.56 Å². The van der Waals surface area contributed by atoms with Gasteiger partial charge in [0, 0.05) is 11.6 Å². The lowest BCUT2D eigenvalue weighted by atomic mass is 10.1. The van der Waals surface area contributed by atoms with Gasteiger partial charge in [-0.3, -0.25) is 29.9 Å². The normalized spacial score (nSPS) is 15.2. The number of benzene rings is 2. The third-order valence-electron chi connectivity index (χ3n) is 4.60. The number of anilines is 1. The van der Waals surface area contributed by atoms with Gasteiger partial charge in [0.15, 0.2) is 5.11 Å². The van der Waals surface area contributed by atoms with Crippen LogP contribution in [0.4, 0.5) is 15.8 Å². The van der Waals surface area contributed by atoms with Gasteiger partial charge in [-0.1, -0.05) is 23.2 Å². The first-order valence-corrected chi connectivity index (χ1v) is 10.2. The van der Waals surface area contributed by atoms with E-state index >= 15 is 0 Å². The molecule has 2 heterocycles. The second-order valence-corrected chi connectivity index (χ2v) is 7.88. The van der Waals surface area contributed by atoms with Crippen molar-refractivity contribution in [2.24, 2.45) is 0 Å². The molecular formula is C21H10Cl2FN3O5S. The SMILES string of the molecule is O=C1NC(=S)N(c2ccc(F)c(Cl)c2)C(=O)/C1=C\c1ccc(-c2ccc(Cl)c([N+](=O)[O-])c2)o1. The third-order valence-corrected chi connectivity index (χ3v) is 5.50. The number of carbonyl (C=O) groups is 2. The summed E-state index contributed by atoms with van der Waals surface area (Å²) < 4.78 is 19.2. The Labute approximate surface area is 200 Å². The topological polar surface area (TPSA) is 106 Å². The second kappa shape index (κ2) is 8.74. The summed E-state index contributed by atoms with van der Waals surface area (Å²) in [5.41, 5.74) is -0.0590. The molecule has 33 heavy (non-hydrogen) atoms. The molecule has 0 unspecified atom stereocenters. The van der Waals surface area contributed by atoms with E-state index in [1.165, 1.54) is 48.5 Å². The lowest BCUT2D eigenvalue weighted by molar-refractivity contribution is -0.384. The van der Waals surface area contributed by atoms with Crippen LogP contribution in [0.1, 0.15) is 5.76 Å². The van der Waals surface area contributed by atoms with Crippen molar-refractivity contribution in [3.63, 3.8) is 0 Å². The number of amides is 2. The minimum absolute atomic E-state index is 0.0286. The molecule has 3 aromatic rings. The van der Waals surface area contributed by atoms with Gasteiger partial charge in [-0.25, -0.2) is 4.39 Å². The number of rotatable bonds is 4. The maximum absolute atomic E-state index is 13.5. The van der Waals surface area contributed by atoms with Crippen LogP contribution in [0.3, 0.4) is 0 Å². The van der Waals surface area contributed by atoms with E-state index in [0.717, 1.165) is 11.0 Å². The third kappa shape index (κ3) is 4.36. The van der Waals surface area contributed by atoms with E-state index in [-0.39, 0.29) is 43.6 Å². The quantitative estimate of drug-likeness (QED) is 0.173. The summed E-state index contributed by atoms with van der Waals surface area (Å²) in [4.78, 5) is 36.9. The zero-order valence-electron chi connectivity index (χ0n) is 16.2. The minimum Gasteiger partial charge on any atom is -0.457 e. The molecule has 1 aliphatic heterocycles. The zero-order chi connectivity index (χ0) is 23.9. The molecule has 2 aromatic carbocycles. The molecule has 0 saturated carbocycles. The number of nitro groups is 1. The highest BCUT2D eigenvalue weighted by molar-refractivity contribution is 7.80. The summed E-state index contributed by atoms with van der Waals surface area (Å²) in [6.07, 6.45) is 1.20. The van der Waals surface area contributed by atoms with Crippen LogP contribution in [-0.4, -0.2) is 21.9 Å². The average molecular weight is 506 g/mol. The van der Waals surface area contributed by atoms with Crippen LogP contribution in [0.2, 0.25) is 10.0 Å². The highest BCUT2D eigenvalue weighted by atomic mass is 35.5. The van der Waals surface area contributed by atoms with Crippen LogP contribution in [-0.2, 0) is 9.59 Å². The van der Waals surface area contributed by atoms with Gasteiger partial charge in [0.2, 0.25) is 0 Å². The molecule has 1 fully saturated rings. The molecule has 4 rings (SSSR count). The van der Waals surface area contributed by atoms with E-state index < -0.39 is 22.6 Å². The van der Waals surface area contributed by atoms with Gasteiger partial charge >= 0.3 is 0 Å². The summed E-state index contributed by atoms with van der Waals surface area (Å²) in [6, 6.07) is 10.7. The van der Waals surface area contributed by atoms with E-state index in [4.69, 9.17) is 39.8 Å². The van der Waals surface area contributed by atoms with Gasteiger partial charge in [-0.05, 0) is 60.8 Å². The molecule has 1 aliphatic rings. The highest BCUT2D eigenvalue weighted by Gasteiger charge is 2.35. The molecule has 1 aromatic heterocycles. The standard InChI is InChI=1S/C21H10Cl2FN3O5S/c22-14-4-1-10(7-17(14)27(30)31)18-6-3-12(32-18)9-13-19(28)25-21(33)26(20(13)29)11-2-5-16(24)15(23)8-11/h1-9H,(H,25,28,33)/b13-9-. The van der Waals surface area contributed by atoms with Gasteiger partial charge in [-0.15, -0.1) is 0 Å². The van der Waals surface area contributed by atoms with Crippen LogP contribution in [0.5, 0.6) is 0 Å². The van der Waals surface area contributed by atoms with Crippen LogP contribution >= 0.6 is 35.4 Å². The van der Waals surface area contributed by atoms with Crippen molar-refractivity contribution in [1.29, 1.82) is 0 Å². The van der Waals surface area contributed by atoms with Gasteiger partial charge in [0.05, 0.1) is 15.6 Å². The summed E-state index contributed by atoms with van der Waals surface area (Å²) in [6.45, 7) is 0. The largest absolute Gasteiger partial charge is 0.457 e. The first kappa shape index (κ1) is 22.6. The van der Waals surface area contributed by atoms with Crippen molar-refractivity contribution in [2.45, 2.75) is 0 Å². The van der Waals surface area contributed by atoms with Crippen molar-refractivity contribution < 1.29 is 23.3 Å². The molecule has 8 nitrogen and oxygen atoms in total. The predicted molar refractivity (Wildman–Crippen MR) is 123 cm³/mol. The number of carbonyl (C=O) groups excluding carboxylic acids is 2. The molecular weight excluding hydrogens is 496 g/mol. The Morgan fingerprint density at radius 2 is 1.85 bits per heavy atom. The van der Waals surface area contributed by atoms with Crippen molar-refractivity contribution in [2.75, 3.05) is 4.90 Å². The molecule has 1 saturated heterocycles. The number of halogens is 3. The Kier molecular flexibility index (Phi) is 5.98. The number of hydrogen-bond donors (Lipinski definition) is 1. The predicted octanol–water partition coefficient (Wildman–Crippen LogP) is 5.13. The fourth-order valence-corrected chi connectivity index (χ4v) is 3.69. The summed E-state index contributed by atoms with van der Waals surface area (Å²) >= 11 is 16.7. The van der Waals surface area contributed by atoms with Crippen molar-refractivity contribution in [3.05, 3.63) is 85.8 Å². The molecule has 0 spiro atoms. The fraction of sp³-hybridized carbons (Fsp3) is 0. The highest BCUT2D eigenvalue weighted by Crippen LogP contribution is 2.32. The van der Waals surface area contributed by atoms with E-state index in [2.05, 4.69) is 5.32 Å². The van der Waals surface area contributed by atoms with Gasteiger partial charge in [0.25, 0.3) is 17.5 Å². The molecule has 0 atom stereocenters. The summed E-state index contributed by atoms with van der Waals surface area (Å²) in [5.74, 6) is -1.82. The molecule has 0 radical (unpaired) electrons. The number of nitrogens with one attached hydrogen (secondary N) is 1. The Balaban J connectivity index is 1.68. The first-order valence-electron chi connectivity index (χ1n) is 9.06. The van der Waals surface area contributed by atoms with Gasteiger partial charge in [0.1, 0.15) is 27.9 Å². The maximum Gasteiger partial charge on any atom is 0.288 e. The Hall–Kier alpha value is -3.60. The Morgan fingerprint density at radius 1 is 1.09 bits per heavy atom. The van der Waals surface area contributed by atoms with Crippen molar-refractivity contribution in [1.82, 2.24) is 5.32 Å². The minimum atomic E-state index is -0.772. The molecule has 0 aliphatic carbocycles. The maximum atomic E-state index is 13.5. The summed E-state index contributed by atoms with van der Waals surface area (Å²) in [7, 11) is 0. The first-order chi connectivity index (χ1) is 15.7. The van der Waals surface area contributed by atoms with E-state index in [1.807, 2.05) is 0 Å². The zero-order valence-corrected chi connectivity index (χ0v) is 18.5. The number of nitro benzene ring substituents is 1. The summed E-state index contributed by atoms with van der Waals surface area (Å²) in [5, 5.41) is 13.1. The number of furan rings is 1. The number of thiocarbonyl (C=S) groups is 1. The van der Waals surface area contributed by atoms with E-state index in [9.17, 15) is 24.1 Å². The number of nitrogens with zero attached hydrogens (tertiary/aromatic N) is 2. The van der Waals surface area contributed by atoms with Crippen LogP contribution in [0.15, 0.2) is 58.5 Å². The smallest absolute Gasteiger partial charge is 0.288 e. The van der Waals surface area contributed by atoms with E-state index in [1.54, 1.807) is 0 Å². The van der Waals surface area contributed by atoms with Gasteiger partial charge in [-0.2, -0.15) is 0 Å². The molecule has 0 bridgehead atoms. The van der Waals surface area contributed by atoms with Crippen LogP contribution in [0, 0.1) is 15.9 Å². The fourth-order valence-electron chi connectivity index (χ4n) is 3.05.